The number of benzene rings is 3. The van der Waals surface area contributed by atoms with E-state index in [4.69, 9.17) is 4.74 Å². The summed E-state index contributed by atoms with van der Waals surface area (Å²) in [6.07, 6.45) is 0.443. The predicted molar refractivity (Wildman–Crippen MR) is 139 cm³/mol. The number of aryl methyl sites for hydroxylation is 1. The second-order valence-corrected chi connectivity index (χ2v) is 9.16. The summed E-state index contributed by atoms with van der Waals surface area (Å²) in [5.41, 5.74) is 4.31. The van der Waals surface area contributed by atoms with Gasteiger partial charge in [-0.3, -0.25) is 9.59 Å². The van der Waals surface area contributed by atoms with Gasteiger partial charge >= 0.3 is 0 Å². The highest BCUT2D eigenvalue weighted by atomic mass is 32.2. The van der Waals surface area contributed by atoms with Gasteiger partial charge in [0.05, 0.1) is 12.9 Å². The highest BCUT2D eigenvalue weighted by Gasteiger charge is 2.29. The summed E-state index contributed by atoms with van der Waals surface area (Å²) in [4.78, 5) is 28.2. The lowest BCUT2D eigenvalue weighted by atomic mass is 10.0. The lowest BCUT2D eigenvalue weighted by molar-refractivity contribution is -0.139. The molecule has 0 saturated carbocycles. The molecular formula is C28H32N2O3S. The fourth-order valence-corrected chi connectivity index (χ4v) is 4.58. The largest absolute Gasteiger partial charge is 0.497 e. The maximum absolute atomic E-state index is 13.5. The number of nitrogens with one attached hydrogen (secondary N) is 1. The minimum atomic E-state index is -0.619. The first-order valence-corrected chi connectivity index (χ1v) is 12.5. The van der Waals surface area contributed by atoms with E-state index in [-0.39, 0.29) is 11.8 Å². The minimum absolute atomic E-state index is 0.0653. The van der Waals surface area contributed by atoms with Gasteiger partial charge in [0.25, 0.3) is 0 Å². The second kappa shape index (κ2) is 12.8. The molecule has 0 bridgehead atoms. The summed E-state index contributed by atoms with van der Waals surface area (Å²) in [6.45, 7) is 2.38. The predicted octanol–water partition coefficient (Wildman–Crippen LogP) is 4.62. The molecule has 0 saturated heterocycles. The maximum Gasteiger partial charge on any atom is 0.242 e. The number of nitrogens with zero attached hydrogens (tertiary/aromatic N) is 1. The Morgan fingerprint density at radius 1 is 0.941 bits per heavy atom. The number of methoxy groups -OCH3 is 1. The average molecular weight is 477 g/mol. The van der Waals surface area contributed by atoms with Crippen molar-refractivity contribution in [1.82, 2.24) is 10.2 Å². The van der Waals surface area contributed by atoms with Crippen molar-refractivity contribution in [2.75, 3.05) is 19.9 Å². The number of hydrogen-bond acceptors (Lipinski definition) is 4. The van der Waals surface area contributed by atoms with Crippen LogP contribution in [-0.2, 0) is 28.3 Å². The molecule has 6 heteroatoms. The van der Waals surface area contributed by atoms with Crippen LogP contribution in [0.2, 0.25) is 0 Å². The van der Waals surface area contributed by atoms with E-state index in [1.54, 1.807) is 30.8 Å². The van der Waals surface area contributed by atoms with Gasteiger partial charge in [-0.05, 0) is 35.7 Å². The molecule has 0 fully saturated rings. The van der Waals surface area contributed by atoms with Gasteiger partial charge in [0.15, 0.2) is 0 Å². The third kappa shape index (κ3) is 7.39. The van der Waals surface area contributed by atoms with Crippen molar-refractivity contribution in [3.05, 3.63) is 101 Å². The van der Waals surface area contributed by atoms with Crippen molar-refractivity contribution in [3.8, 4) is 5.75 Å². The Bertz CT molecular complexity index is 1070. The Morgan fingerprint density at radius 2 is 1.65 bits per heavy atom. The van der Waals surface area contributed by atoms with Crippen molar-refractivity contribution in [2.45, 2.75) is 31.7 Å². The molecule has 0 spiro atoms. The molecule has 3 aromatic carbocycles. The Balaban J connectivity index is 1.81. The fraction of sp³-hybridized carbons (Fsp3) is 0.286. The second-order valence-electron chi connectivity index (χ2n) is 8.17. The van der Waals surface area contributed by atoms with E-state index in [0.29, 0.717) is 18.7 Å². The highest BCUT2D eigenvalue weighted by molar-refractivity contribution is 7.99. The van der Waals surface area contributed by atoms with Crippen LogP contribution in [0.4, 0.5) is 0 Å². The van der Waals surface area contributed by atoms with Gasteiger partial charge in [0.1, 0.15) is 11.8 Å². The molecule has 2 amide bonds. The molecule has 178 valence electrons. The van der Waals surface area contributed by atoms with Gasteiger partial charge in [0, 0.05) is 25.8 Å². The van der Waals surface area contributed by atoms with Crippen LogP contribution in [0.3, 0.4) is 0 Å². The average Bonchev–Trinajstić information content (AvgIpc) is 2.87. The van der Waals surface area contributed by atoms with E-state index in [1.165, 1.54) is 11.1 Å². The maximum atomic E-state index is 13.5. The zero-order valence-electron chi connectivity index (χ0n) is 20.0. The van der Waals surface area contributed by atoms with Gasteiger partial charge in [0.2, 0.25) is 11.8 Å². The number of amides is 2. The molecule has 1 atom stereocenters. The molecule has 34 heavy (non-hydrogen) atoms. The molecule has 0 heterocycles. The summed E-state index contributed by atoms with van der Waals surface area (Å²) in [5.74, 6) is 1.51. The zero-order valence-corrected chi connectivity index (χ0v) is 20.8. The highest BCUT2D eigenvalue weighted by Crippen LogP contribution is 2.20. The number of thioether (sulfide) groups is 1. The van der Waals surface area contributed by atoms with Gasteiger partial charge in [-0.25, -0.2) is 0 Å². The van der Waals surface area contributed by atoms with Gasteiger partial charge in [-0.15, -0.1) is 11.8 Å². The van der Waals surface area contributed by atoms with Gasteiger partial charge in [-0.1, -0.05) is 72.3 Å². The van der Waals surface area contributed by atoms with Crippen LogP contribution >= 0.6 is 11.8 Å². The minimum Gasteiger partial charge on any atom is -0.497 e. The van der Waals surface area contributed by atoms with E-state index in [1.807, 2.05) is 54.6 Å². The van der Waals surface area contributed by atoms with E-state index in [0.717, 1.165) is 22.6 Å². The molecule has 0 aromatic heterocycles. The molecule has 0 radical (unpaired) electrons. The fourth-order valence-electron chi connectivity index (χ4n) is 3.71. The molecule has 0 unspecified atom stereocenters. The summed E-state index contributed by atoms with van der Waals surface area (Å²) in [6, 6.07) is 25.1. The number of hydrogen-bond donors (Lipinski definition) is 1. The van der Waals surface area contributed by atoms with Crippen LogP contribution in [0.1, 0.15) is 22.3 Å². The number of carbonyl (C=O) groups is 2. The third-order valence-corrected chi connectivity index (χ3v) is 6.61. The molecule has 5 nitrogen and oxygen atoms in total. The molecule has 0 aliphatic rings. The first-order valence-electron chi connectivity index (χ1n) is 11.3. The molecule has 3 aromatic rings. The number of likely N-dealkylation sites (N-methyl/N-ethyl adjacent to an activating group) is 1. The van der Waals surface area contributed by atoms with E-state index < -0.39 is 6.04 Å². The van der Waals surface area contributed by atoms with Crippen LogP contribution in [0.25, 0.3) is 0 Å². The molecule has 0 aliphatic carbocycles. The van der Waals surface area contributed by atoms with E-state index >= 15 is 0 Å². The Morgan fingerprint density at radius 3 is 2.32 bits per heavy atom. The van der Waals surface area contributed by atoms with Crippen LogP contribution in [0.5, 0.6) is 5.75 Å². The van der Waals surface area contributed by atoms with Crippen molar-refractivity contribution in [2.24, 2.45) is 0 Å². The van der Waals surface area contributed by atoms with Crippen LogP contribution in [0.15, 0.2) is 78.9 Å². The zero-order chi connectivity index (χ0) is 24.3. The topological polar surface area (TPSA) is 58.6 Å². The SMILES string of the molecule is CNC(=O)[C@@H](Cc1ccccc1)N(Cc1cccc(OC)c1)C(=O)CSCc1ccc(C)cc1. The number of rotatable bonds is 11. The van der Waals surface area contributed by atoms with E-state index in [9.17, 15) is 9.59 Å². The van der Waals surface area contributed by atoms with Crippen molar-refractivity contribution >= 4 is 23.6 Å². The van der Waals surface area contributed by atoms with Crippen molar-refractivity contribution < 1.29 is 14.3 Å². The molecular weight excluding hydrogens is 444 g/mol. The Hall–Kier alpha value is -3.25. The summed E-state index contributed by atoms with van der Waals surface area (Å²) < 4.78 is 5.36. The standard InChI is InChI=1S/C28H32N2O3S/c1-21-12-14-23(15-13-21)19-34-20-27(31)30(18-24-10-7-11-25(16-24)33-3)26(28(32)29-2)17-22-8-5-4-6-9-22/h4-16,26H,17-20H2,1-3H3,(H,29,32)/t26-/m1/s1. The summed E-state index contributed by atoms with van der Waals surface area (Å²) in [7, 11) is 3.23. The van der Waals surface area contributed by atoms with Gasteiger partial charge < -0.3 is 15.0 Å². The van der Waals surface area contributed by atoms with Crippen LogP contribution in [0, 0.1) is 6.92 Å². The summed E-state index contributed by atoms with van der Waals surface area (Å²) in [5, 5.41) is 2.75. The molecule has 1 N–H and O–H groups in total. The van der Waals surface area contributed by atoms with Gasteiger partial charge in [-0.2, -0.15) is 0 Å². The molecule has 0 aliphatic heterocycles. The quantitative estimate of drug-likeness (QED) is 0.439. The lowest BCUT2D eigenvalue weighted by Crippen LogP contribution is -2.50. The normalized spacial score (nSPS) is 11.5. The van der Waals surface area contributed by atoms with Crippen LogP contribution < -0.4 is 10.1 Å². The Labute approximate surface area is 206 Å². The smallest absolute Gasteiger partial charge is 0.242 e. The number of ether oxygens (including phenoxy) is 1. The first-order chi connectivity index (χ1) is 16.5. The van der Waals surface area contributed by atoms with E-state index in [2.05, 4.69) is 36.5 Å². The third-order valence-electron chi connectivity index (χ3n) is 5.62. The van der Waals surface area contributed by atoms with Crippen LogP contribution in [-0.4, -0.2) is 42.7 Å². The Kier molecular flexibility index (Phi) is 9.59. The number of carbonyl (C=O) groups excluding carboxylic acids is 2. The van der Waals surface area contributed by atoms with Crippen molar-refractivity contribution in [1.29, 1.82) is 0 Å². The van der Waals surface area contributed by atoms with Crippen molar-refractivity contribution in [3.63, 3.8) is 0 Å². The lowest BCUT2D eigenvalue weighted by Gasteiger charge is -2.31. The summed E-state index contributed by atoms with van der Waals surface area (Å²) >= 11 is 1.56. The first kappa shape index (κ1) is 25.4. The molecule has 3 rings (SSSR count). The monoisotopic (exact) mass is 476 g/mol.